The van der Waals surface area contributed by atoms with Crippen LogP contribution < -0.4 is 5.32 Å². The van der Waals surface area contributed by atoms with Crippen LogP contribution in [0.2, 0.25) is 5.02 Å². The van der Waals surface area contributed by atoms with Crippen LogP contribution in [0.15, 0.2) is 24.3 Å². The van der Waals surface area contributed by atoms with Gasteiger partial charge in [0.2, 0.25) is 0 Å². The van der Waals surface area contributed by atoms with Crippen LogP contribution in [0.5, 0.6) is 0 Å². The summed E-state index contributed by atoms with van der Waals surface area (Å²) in [5.74, 6) is -0.107. The number of hydrogen-bond donors (Lipinski definition) is 2. The summed E-state index contributed by atoms with van der Waals surface area (Å²) in [5, 5.41) is 11.8. The standard InChI is InChI=1S/C13H14ClNO3/c14-10-6-2-1-5-9(10)13(15-12(17)18)8-4-3-7-11(13)16/h1-2,5-6,15H,3-4,7-8H2,(H,17,18)/t13-/m0/s1. The zero-order valence-corrected chi connectivity index (χ0v) is 10.5. The Morgan fingerprint density at radius 3 is 2.67 bits per heavy atom. The zero-order chi connectivity index (χ0) is 13.2. The molecule has 18 heavy (non-hydrogen) atoms. The van der Waals surface area contributed by atoms with Gasteiger partial charge < -0.3 is 10.4 Å². The Morgan fingerprint density at radius 2 is 2.06 bits per heavy atom. The van der Waals surface area contributed by atoms with Crippen molar-refractivity contribution in [3.05, 3.63) is 34.9 Å². The van der Waals surface area contributed by atoms with Crippen LogP contribution in [0.1, 0.15) is 31.2 Å². The summed E-state index contributed by atoms with van der Waals surface area (Å²) in [4.78, 5) is 23.2. The summed E-state index contributed by atoms with van der Waals surface area (Å²) in [6.07, 6.45) is 1.24. The second-order valence-corrected chi connectivity index (χ2v) is 4.85. The van der Waals surface area contributed by atoms with E-state index in [9.17, 15) is 9.59 Å². The molecule has 4 nitrogen and oxygen atoms in total. The molecule has 0 unspecified atom stereocenters. The highest BCUT2D eigenvalue weighted by Crippen LogP contribution is 2.37. The largest absolute Gasteiger partial charge is 0.465 e. The van der Waals surface area contributed by atoms with Crippen molar-refractivity contribution in [2.24, 2.45) is 0 Å². The molecule has 0 saturated heterocycles. The van der Waals surface area contributed by atoms with E-state index < -0.39 is 11.6 Å². The number of halogens is 1. The second-order valence-electron chi connectivity index (χ2n) is 4.45. The van der Waals surface area contributed by atoms with Crippen LogP contribution in [0.4, 0.5) is 4.79 Å². The number of rotatable bonds is 2. The van der Waals surface area contributed by atoms with Gasteiger partial charge in [-0.25, -0.2) is 4.79 Å². The van der Waals surface area contributed by atoms with Gasteiger partial charge in [0, 0.05) is 17.0 Å². The van der Waals surface area contributed by atoms with Crippen molar-refractivity contribution in [3.63, 3.8) is 0 Å². The highest BCUT2D eigenvalue weighted by molar-refractivity contribution is 6.31. The second kappa shape index (κ2) is 4.98. The molecule has 0 radical (unpaired) electrons. The first kappa shape index (κ1) is 12.9. The molecular formula is C13H14ClNO3. The van der Waals surface area contributed by atoms with Gasteiger partial charge in [0.25, 0.3) is 0 Å². The van der Waals surface area contributed by atoms with Gasteiger partial charge in [-0.15, -0.1) is 0 Å². The molecule has 1 saturated carbocycles. The molecule has 1 fully saturated rings. The molecule has 0 bridgehead atoms. The Labute approximate surface area is 110 Å². The normalized spacial score (nSPS) is 23.7. The highest BCUT2D eigenvalue weighted by Gasteiger charge is 2.43. The number of Topliss-reactive ketones (excluding diaryl/α,β-unsaturated/α-hetero) is 1. The van der Waals surface area contributed by atoms with Crippen molar-refractivity contribution in [1.82, 2.24) is 5.32 Å². The number of benzene rings is 1. The SMILES string of the molecule is O=C(O)N[C@]1(c2ccccc2Cl)CCCCC1=O. The molecule has 0 spiro atoms. The summed E-state index contributed by atoms with van der Waals surface area (Å²) in [7, 11) is 0. The Balaban J connectivity index is 2.51. The number of nitrogens with one attached hydrogen (secondary N) is 1. The average Bonchev–Trinajstić information content (AvgIpc) is 2.32. The third kappa shape index (κ3) is 2.20. The van der Waals surface area contributed by atoms with Crippen molar-refractivity contribution >= 4 is 23.5 Å². The van der Waals surface area contributed by atoms with Gasteiger partial charge in [0.1, 0.15) is 5.54 Å². The van der Waals surface area contributed by atoms with Crippen LogP contribution in [0.25, 0.3) is 0 Å². The Kier molecular flexibility index (Phi) is 3.57. The lowest BCUT2D eigenvalue weighted by Gasteiger charge is -2.36. The molecule has 5 heteroatoms. The van der Waals surface area contributed by atoms with Crippen molar-refractivity contribution < 1.29 is 14.7 Å². The van der Waals surface area contributed by atoms with E-state index in [2.05, 4.69) is 5.32 Å². The van der Waals surface area contributed by atoms with Gasteiger partial charge in [-0.3, -0.25) is 4.79 Å². The molecule has 2 rings (SSSR count). The number of carboxylic acid groups (broad SMARTS) is 1. The highest BCUT2D eigenvalue weighted by atomic mass is 35.5. The predicted octanol–water partition coefficient (Wildman–Crippen LogP) is 2.95. The molecular weight excluding hydrogens is 254 g/mol. The fraction of sp³-hybridized carbons (Fsp3) is 0.385. The van der Waals surface area contributed by atoms with Gasteiger partial charge >= 0.3 is 6.09 Å². The molecule has 1 aliphatic rings. The van der Waals surface area contributed by atoms with Crippen molar-refractivity contribution in [3.8, 4) is 0 Å². The van der Waals surface area contributed by atoms with Crippen LogP contribution in [0, 0.1) is 0 Å². The minimum absolute atomic E-state index is 0.107. The monoisotopic (exact) mass is 267 g/mol. The smallest absolute Gasteiger partial charge is 0.405 e. The maximum absolute atomic E-state index is 12.2. The zero-order valence-electron chi connectivity index (χ0n) is 9.78. The molecule has 0 heterocycles. The third-order valence-corrected chi connectivity index (χ3v) is 3.67. The van der Waals surface area contributed by atoms with Crippen LogP contribution in [-0.2, 0) is 10.3 Å². The number of ketones is 1. The fourth-order valence-corrected chi connectivity index (χ4v) is 2.80. The fourth-order valence-electron chi connectivity index (χ4n) is 2.50. The molecule has 2 N–H and O–H groups in total. The van der Waals surface area contributed by atoms with E-state index >= 15 is 0 Å². The molecule has 1 atom stereocenters. The molecule has 1 amide bonds. The summed E-state index contributed by atoms with van der Waals surface area (Å²) in [6.45, 7) is 0. The molecule has 0 aromatic heterocycles. The van der Waals surface area contributed by atoms with Crippen LogP contribution >= 0.6 is 11.6 Å². The van der Waals surface area contributed by atoms with Gasteiger partial charge in [0.15, 0.2) is 5.78 Å². The molecule has 0 aliphatic heterocycles. The van der Waals surface area contributed by atoms with Crippen molar-refractivity contribution in [2.45, 2.75) is 31.2 Å². The predicted molar refractivity (Wildman–Crippen MR) is 67.8 cm³/mol. The lowest BCUT2D eigenvalue weighted by atomic mass is 9.75. The minimum Gasteiger partial charge on any atom is -0.465 e. The van der Waals surface area contributed by atoms with E-state index in [0.29, 0.717) is 23.4 Å². The van der Waals surface area contributed by atoms with Crippen molar-refractivity contribution in [1.29, 1.82) is 0 Å². The first-order valence-corrected chi connectivity index (χ1v) is 6.23. The van der Waals surface area contributed by atoms with E-state index in [-0.39, 0.29) is 5.78 Å². The lowest BCUT2D eigenvalue weighted by molar-refractivity contribution is -0.127. The Morgan fingerprint density at radius 1 is 1.33 bits per heavy atom. The number of amides is 1. The van der Waals surface area contributed by atoms with Crippen LogP contribution in [-0.4, -0.2) is 17.0 Å². The van der Waals surface area contributed by atoms with E-state index in [1.807, 2.05) is 0 Å². The van der Waals surface area contributed by atoms with Gasteiger partial charge in [0.05, 0.1) is 0 Å². The first-order valence-electron chi connectivity index (χ1n) is 5.86. The van der Waals surface area contributed by atoms with E-state index in [4.69, 9.17) is 16.7 Å². The van der Waals surface area contributed by atoms with Crippen molar-refractivity contribution in [2.75, 3.05) is 0 Å². The van der Waals surface area contributed by atoms with E-state index in [0.717, 1.165) is 12.8 Å². The quantitative estimate of drug-likeness (QED) is 0.866. The summed E-state index contributed by atoms with van der Waals surface area (Å²) < 4.78 is 0. The Hall–Kier alpha value is -1.55. The number of hydrogen-bond acceptors (Lipinski definition) is 2. The maximum Gasteiger partial charge on any atom is 0.405 e. The average molecular weight is 268 g/mol. The van der Waals surface area contributed by atoms with Gasteiger partial charge in [-0.05, 0) is 25.3 Å². The number of carbonyl (C=O) groups is 2. The van der Waals surface area contributed by atoms with E-state index in [1.54, 1.807) is 24.3 Å². The third-order valence-electron chi connectivity index (χ3n) is 3.34. The summed E-state index contributed by atoms with van der Waals surface area (Å²) in [5.41, 5.74) is -0.624. The topological polar surface area (TPSA) is 66.4 Å². The maximum atomic E-state index is 12.2. The minimum atomic E-state index is -1.20. The molecule has 96 valence electrons. The number of carbonyl (C=O) groups excluding carboxylic acids is 1. The van der Waals surface area contributed by atoms with Gasteiger partial charge in [-0.2, -0.15) is 0 Å². The summed E-state index contributed by atoms with van der Waals surface area (Å²) >= 11 is 6.11. The van der Waals surface area contributed by atoms with Gasteiger partial charge in [-0.1, -0.05) is 29.8 Å². The Bertz CT molecular complexity index is 489. The van der Waals surface area contributed by atoms with Crippen LogP contribution in [0.3, 0.4) is 0 Å². The molecule has 1 aliphatic carbocycles. The molecule has 1 aromatic carbocycles. The van der Waals surface area contributed by atoms with E-state index in [1.165, 1.54) is 0 Å². The summed E-state index contributed by atoms with van der Waals surface area (Å²) in [6, 6.07) is 6.90. The lowest BCUT2D eigenvalue weighted by Crippen LogP contribution is -2.53. The first-order chi connectivity index (χ1) is 8.56. The molecule has 1 aromatic rings.